The molecule has 1 aliphatic rings. The van der Waals surface area contributed by atoms with Crippen LogP contribution in [0.4, 0.5) is 0 Å². The summed E-state index contributed by atoms with van der Waals surface area (Å²) in [4.78, 5) is 11.5. The van der Waals surface area contributed by atoms with Gasteiger partial charge in [0.1, 0.15) is 5.60 Å². The smallest absolute Gasteiger partial charge is 0.306 e. The second-order valence-electron chi connectivity index (χ2n) is 5.63. The van der Waals surface area contributed by atoms with Gasteiger partial charge >= 0.3 is 5.97 Å². The third kappa shape index (κ3) is 5.81. The van der Waals surface area contributed by atoms with Crippen LogP contribution in [0.2, 0.25) is 0 Å². The SMILES string of the molecule is CC(C)(C)OC(=O)CCC1CCCCC1. The zero-order valence-corrected chi connectivity index (χ0v) is 10.3. The number of hydrogen-bond donors (Lipinski definition) is 0. The Labute approximate surface area is 93.4 Å². The normalized spacial score (nSPS) is 18.9. The van der Waals surface area contributed by atoms with Gasteiger partial charge in [-0.2, -0.15) is 0 Å². The lowest BCUT2D eigenvalue weighted by atomic mass is 9.86. The Kier molecular flexibility index (Phi) is 4.62. The Morgan fingerprint density at radius 1 is 1.20 bits per heavy atom. The predicted molar refractivity (Wildman–Crippen MR) is 61.7 cm³/mol. The molecule has 0 aromatic rings. The van der Waals surface area contributed by atoms with Crippen molar-refractivity contribution in [2.45, 2.75) is 71.3 Å². The van der Waals surface area contributed by atoms with Crippen molar-refractivity contribution < 1.29 is 9.53 Å². The molecule has 0 aromatic heterocycles. The molecule has 0 radical (unpaired) electrons. The number of hydrogen-bond acceptors (Lipinski definition) is 2. The molecular formula is C13H24O2. The van der Waals surface area contributed by atoms with Crippen molar-refractivity contribution in [2.24, 2.45) is 5.92 Å². The van der Waals surface area contributed by atoms with Crippen molar-refractivity contribution in [2.75, 3.05) is 0 Å². The molecule has 88 valence electrons. The van der Waals surface area contributed by atoms with Gasteiger partial charge in [0.2, 0.25) is 0 Å². The molecule has 0 bridgehead atoms. The third-order valence-corrected chi connectivity index (χ3v) is 2.90. The topological polar surface area (TPSA) is 26.3 Å². The summed E-state index contributed by atoms with van der Waals surface area (Å²) in [6.07, 6.45) is 8.31. The zero-order chi connectivity index (χ0) is 11.3. The molecule has 1 aliphatic carbocycles. The van der Waals surface area contributed by atoms with Gasteiger partial charge in [-0.25, -0.2) is 0 Å². The van der Waals surface area contributed by atoms with E-state index in [0.29, 0.717) is 6.42 Å². The summed E-state index contributed by atoms with van der Waals surface area (Å²) in [5, 5.41) is 0. The number of ether oxygens (including phenoxy) is 1. The number of rotatable bonds is 3. The lowest BCUT2D eigenvalue weighted by Crippen LogP contribution is -2.24. The van der Waals surface area contributed by atoms with E-state index in [1.807, 2.05) is 20.8 Å². The minimum atomic E-state index is -0.330. The summed E-state index contributed by atoms with van der Waals surface area (Å²) in [6, 6.07) is 0. The average molecular weight is 212 g/mol. The zero-order valence-electron chi connectivity index (χ0n) is 10.3. The van der Waals surface area contributed by atoms with Crippen molar-refractivity contribution in [3.63, 3.8) is 0 Å². The summed E-state index contributed by atoms with van der Waals surface area (Å²) in [5.41, 5.74) is -0.330. The quantitative estimate of drug-likeness (QED) is 0.667. The summed E-state index contributed by atoms with van der Waals surface area (Å²) in [6.45, 7) is 5.77. The second-order valence-corrected chi connectivity index (χ2v) is 5.63. The molecule has 0 spiro atoms. The molecule has 1 saturated carbocycles. The van der Waals surface area contributed by atoms with E-state index in [2.05, 4.69) is 0 Å². The van der Waals surface area contributed by atoms with Crippen LogP contribution in [0.1, 0.15) is 65.7 Å². The van der Waals surface area contributed by atoms with Crippen LogP contribution < -0.4 is 0 Å². The standard InChI is InChI=1S/C13H24O2/c1-13(2,3)15-12(14)10-9-11-7-5-4-6-8-11/h11H,4-10H2,1-3H3. The maximum atomic E-state index is 11.5. The maximum Gasteiger partial charge on any atom is 0.306 e. The van der Waals surface area contributed by atoms with Crippen molar-refractivity contribution in [1.29, 1.82) is 0 Å². The van der Waals surface area contributed by atoms with Crippen LogP contribution in [0.15, 0.2) is 0 Å². The average Bonchev–Trinajstić information content (AvgIpc) is 2.14. The van der Waals surface area contributed by atoms with E-state index in [9.17, 15) is 4.79 Å². The highest BCUT2D eigenvalue weighted by molar-refractivity contribution is 5.69. The van der Waals surface area contributed by atoms with Crippen LogP contribution in [0.5, 0.6) is 0 Å². The van der Waals surface area contributed by atoms with E-state index in [1.165, 1.54) is 32.1 Å². The molecule has 0 N–H and O–H groups in total. The van der Waals surface area contributed by atoms with Crippen molar-refractivity contribution in [1.82, 2.24) is 0 Å². The maximum absolute atomic E-state index is 11.5. The molecule has 1 rings (SSSR count). The molecule has 15 heavy (non-hydrogen) atoms. The highest BCUT2D eigenvalue weighted by Crippen LogP contribution is 2.27. The lowest BCUT2D eigenvalue weighted by Gasteiger charge is -2.23. The molecule has 0 heterocycles. The molecule has 0 amide bonds. The summed E-state index contributed by atoms with van der Waals surface area (Å²) >= 11 is 0. The first-order chi connectivity index (χ1) is 6.97. The van der Waals surface area contributed by atoms with Crippen LogP contribution in [0.25, 0.3) is 0 Å². The van der Waals surface area contributed by atoms with Crippen LogP contribution in [0, 0.1) is 5.92 Å². The molecular weight excluding hydrogens is 188 g/mol. The van der Waals surface area contributed by atoms with Crippen LogP contribution in [-0.4, -0.2) is 11.6 Å². The van der Waals surface area contributed by atoms with Gasteiger partial charge in [0.05, 0.1) is 0 Å². The van der Waals surface area contributed by atoms with E-state index in [4.69, 9.17) is 4.74 Å². The van der Waals surface area contributed by atoms with Gasteiger partial charge in [0.15, 0.2) is 0 Å². The molecule has 2 nitrogen and oxygen atoms in total. The van der Waals surface area contributed by atoms with Gasteiger partial charge in [-0.3, -0.25) is 4.79 Å². The Morgan fingerprint density at radius 3 is 2.33 bits per heavy atom. The summed E-state index contributed by atoms with van der Waals surface area (Å²) < 4.78 is 5.29. The molecule has 0 atom stereocenters. The molecule has 0 aliphatic heterocycles. The first kappa shape index (κ1) is 12.5. The summed E-state index contributed by atoms with van der Waals surface area (Å²) in [7, 11) is 0. The third-order valence-electron chi connectivity index (χ3n) is 2.90. The Bertz CT molecular complexity index is 197. The highest BCUT2D eigenvalue weighted by Gasteiger charge is 2.19. The van der Waals surface area contributed by atoms with E-state index in [0.717, 1.165) is 12.3 Å². The van der Waals surface area contributed by atoms with Crippen molar-refractivity contribution in [3.05, 3.63) is 0 Å². The van der Waals surface area contributed by atoms with E-state index >= 15 is 0 Å². The molecule has 0 aromatic carbocycles. The van der Waals surface area contributed by atoms with Gasteiger partial charge < -0.3 is 4.74 Å². The van der Waals surface area contributed by atoms with Crippen LogP contribution in [0.3, 0.4) is 0 Å². The minimum absolute atomic E-state index is 0.0342. The number of esters is 1. The van der Waals surface area contributed by atoms with Crippen LogP contribution in [-0.2, 0) is 9.53 Å². The summed E-state index contributed by atoms with van der Waals surface area (Å²) in [5.74, 6) is 0.736. The van der Waals surface area contributed by atoms with E-state index in [1.54, 1.807) is 0 Å². The predicted octanol–water partition coefficient (Wildman–Crippen LogP) is 3.69. The molecule has 2 heteroatoms. The van der Waals surface area contributed by atoms with Crippen LogP contribution >= 0.6 is 0 Å². The fourth-order valence-electron chi connectivity index (χ4n) is 2.19. The van der Waals surface area contributed by atoms with E-state index in [-0.39, 0.29) is 11.6 Å². The second kappa shape index (κ2) is 5.53. The van der Waals surface area contributed by atoms with Gasteiger partial charge in [0.25, 0.3) is 0 Å². The minimum Gasteiger partial charge on any atom is -0.460 e. The molecule has 0 unspecified atom stereocenters. The number of carbonyl (C=O) groups is 1. The van der Waals surface area contributed by atoms with Crippen molar-refractivity contribution in [3.8, 4) is 0 Å². The molecule has 1 fully saturated rings. The van der Waals surface area contributed by atoms with E-state index < -0.39 is 0 Å². The Balaban J connectivity index is 2.15. The fourth-order valence-corrected chi connectivity index (χ4v) is 2.19. The first-order valence-corrected chi connectivity index (χ1v) is 6.19. The van der Waals surface area contributed by atoms with Gasteiger partial charge in [0, 0.05) is 6.42 Å². The van der Waals surface area contributed by atoms with Gasteiger partial charge in [-0.1, -0.05) is 32.1 Å². The Morgan fingerprint density at radius 2 is 1.80 bits per heavy atom. The molecule has 0 saturated heterocycles. The Hall–Kier alpha value is -0.530. The van der Waals surface area contributed by atoms with Gasteiger partial charge in [-0.15, -0.1) is 0 Å². The van der Waals surface area contributed by atoms with Crippen molar-refractivity contribution >= 4 is 5.97 Å². The highest BCUT2D eigenvalue weighted by atomic mass is 16.6. The largest absolute Gasteiger partial charge is 0.460 e. The fraction of sp³-hybridized carbons (Fsp3) is 0.923. The van der Waals surface area contributed by atoms with Gasteiger partial charge in [-0.05, 0) is 33.1 Å². The monoisotopic (exact) mass is 212 g/mol. The first-order valence-electron chi connectivity index (χ1n) is 6.19. The lowest BCUT2D eigenvalue weighted by molar-refractivity contribution is -0.155. The number of carbonyl (C=O) groups excluding carboxylic acids is 1.